The molecule has 9 heteroatoms. The minimum atomic E-state index is -4.03. The van der Waals surface area contributed by atoms with E-state index in [2.05, 4.69) is 19.7 Å². The Kier molecular flexibility index (Phi) is 6.41. The predicted molar refractivity (Wildman–Crippen MR) is 113 cm³/mol. The molecule has 0 unspecified atom stereocenters. The highest BCUT2D eigenvalue weighted by molar-refractivity contribution is 7.92. The Morgan fingerprint density at radius 3 is 2.53 bits per heavy atom. The lowest BCUT2D eigenvalue weighted by molar-refractivity contribution is 0.0981. The second-order valence-corrected chi connectivity index (χ2v) is 8.23. The molecule has 156 valence electrons. The zero-order valence-electron chi connectivity index (χ0n) is 16.9. The Hall–Kier alpha value is -3.33. The first kappa shape index (κ1) is 21.4. The summed E-state index contributed by atoms with van der Waals surface area (Å²) in [6.45, 7) is 3.67. The molecule has 0 saturated carbocycles. The normalized spacial score (nSPS) is 11.2. The summed E-state index contributed by atoms with van der Waals surface area (Å²) in [5, 5.41) is 0. The number of ketones is 1. The van der Waals surface area contributed by atoms with Crippen LogP contribution in [0.4, 0.5) is 5.82 Å². The first-order valence-electron chi connectivity index (χ1n) is 9.34. The molecule has 30 heavy (non-hydrogen) atoms. The third kappa shape index (κ3) is 4.62. The average Bonchev–Trinajstić information content (AvgIpc) is 2.75. The topological polar surface area (TPSA) is 111 Å². The van der Waals surface area contributed by atoms with Gasteiger partial charge in [0.05, 0.1) is 24.7 Å². The van der Waals surface area contributed by atoms with E-state index >= 15 is 0 Å². The third-order valence-electron chi connectivity index (χ3n) is 4.30. The molecular weight excluding hydrogens is 404 g/mol. The largest absolute Gasteiger partial charge is 0.478 e. The van der Waals surface area contributed by atoms with Crippen LogP contribution in [-0.2, 0) is 10.0 Å². The van der Waals surface area contributed by atoms with E-state index in [1.165, 1.54) is 31.6 Å². The highest BCUT2D eigenvalue weighted by Crippen LogP contribution is 2.28. The molecule has 0 amide bonds. The van der Waals surface area contributed by atoms with Crippen LogP contribution in [0.3, 0.4) is 0 Å². The maximum Gasteiger partial charge on any atom is 0.265 e. The second kappa shape index (κ2) is 9.00. The maximum absolute atomic E-state index is 13.1. The number of pyridine rings is 1. The van der Waals surface area contributed by atoms with Crippen molar-refractivity contribution in [2.75, 3.05) is 11.8 Å². The number of nitrogens with one attached hydrogen (secondary N) is 1. The molecule has 0 spiro atoms. The van der Waals surface area contributed by atoms with Crippen molar-refractivity contribution >= 4 is 21.6 Å². The van der Waals surface area contributed by atoms with Crippen LogP contribution in [0.1, 0.15) is 35.8 Å². The van der Waals surface area contributed by atoms with Gasteiger partial charge in [-0.15, -0.1) is 0 Å². The van der Waals surface area contributed by atoms with E-state index in [9.17, 15) is 13.2 Å². The number of aryl methyl sites for hydroxylation is 1. The summed E-state index contributed by atoms with van der Waals surface area (Å²) >= 11 is 0. The number of Topliss-reactive ketones (excluding diaryl/α,β-unsaturated/α-hetero) is 1. The molecule has 0 fully saturated rings. The molecule has 0 radical (unpaired) electrons. The standard InChI is InChI=1S/C21H22N4O4S/c1-4-6-17(26)15-8-10-16(11-9-15)19-18(7-5-12-22-19)30(27,28)25-20-21(29-3)24-14(2)13-23-20/h5,7-13H,4,6H2,1-3H3,(H,23,25). The highest BCUT2D eigenvalue weighted by Gasteiger charge is 2.23. The van der Waals surface area contributed by atoms with Crippen molar-refractivity contribution in [1.82, 2.24) is 15.0 Å². The van der Waals surface area contributed by atoms with E-state index in [0.717, 1.165) is 6.42 Å². The summed E-state index contributed by atoms with van der Waals surface area (Å²) in [6, 6.07) is 9.73. The van der Waals surface area contributed by atoms with Crippen molar-refractivity contribution in [1.29, 1.82) is 0 Å². The van der Waals surface area contributed by atoms with Crippen LogP contribution in [0, 0.1) is 6.92 Å². The van der Waals surface area contributed by atoms with Gasteiger partial charge in [-0.2, -0.15) is 0 Å². The first-order chi connectivity index (χ1) is 14.4. The van der Waals surface area contributed by atoms with Gasteiger partial charge in [-0.3, -0.25) is 14.5 Å². The molecule has 1 N–H and O–H groups in total. The van der Waals surface area contributed by atoms with Gasteiger partial charge >= 0.3 is 0 Å². The molecule has 2 heterocycles. The number of carbonyl (C=O) groups excluding carboxylic acids is 1. The summed E-state index contributed by atoms with van der Waals surface area (Å²) < 4.78 is 33.7. The number of aromatic nitrogens is 3. The number of benzene rings is 1. The van der Waals surface area contributed by atoms with Gasteiger partial charge in [0.1, 0.15) is 4.90 Å². The number of nitrogens with zero attached hydrogens (tertiary/aromatic N) is 3. The number of anilines is 1. The number of methoxy groups -OCH3 is 1. The molecule has 0 aliphatic rings. The SMILES string of the molecule is CCCC(=O)c1ccc(-c2ncccc2S(=O)(=O)Nc2ncc(C)nc2OC)cc1. The van der Waals surface area contributed by atoms with E-state index in [1.807, 2.05) is 6.92 Å². The van der Waals surface area contributed by atoms with Gasteiger partial charge in [0.25, 0.3) is 15.9 Å². The van der Waals surface area contributed by atoms with Gasteiger partial charge in [0.2, 0.25) is 5.82 Å². The lowest BCUT2D eigenvalue weighted by Crippen LogP contribution is -2.16. The molecule has 3 aromatic rings. The minimum Gasteiger partial charge on any atom is -0.478 e. The van der Waals surface area contributed by atoms with Crippen LogP contribution in [0.2, 0.25) is 0 Å². The zero-order valence-corrected chi connectivity index (χ0v) is 17.7. The van der Waals surface area contributed by atoms with Crippen LogP contribution >= 0.6 is 0 Å². The summed E-state index contributed by atoms with van der Waals surface area (Å²) in [7, 11) is -2.65. The molecule has 1 aromatic carbocycles. The van der Waals surface area contributed by atoms with Crippen LogP contribution in [-0.4, -0.2) is 36.3 Å². The van der Waals surface area contributed by atoms with E-state index in [-0.39, 0.29) is 28.1 Å². The number of carbonyl (C=O) groups is 1. The van der Waals surface area contributed by atoms with Gasteiger partial charge in [0, 0.05) is 23.7 Å². The van der Waals surface area contributed by atoms with E-state index < -0.39 is 10.0 Å². The molecule has 3 rings (SSSR count). The number of rotatable bonds is 8. The van der Waals surface area contributed by atoms with Crippen molar-refractivity contribution in [3.63, 3.8) is 0 Å². The Labute approximate surface area is 175 Å². The summed E-state index contributed by atoms with van der Waals surface area (Å²) in [6.07, 6.45) is 4.18. The fourth-order valence-electron chi connectivity index (χ4n) is 2.86. The first-order valence-corrected chi connectivity index (χ1v) is 10.8. The molecule has 0 saturated heterocycles. The fraction of sp³-hybridized carbons (Fsp3) is 0.238. The maximum atomic E-state index is 13.1. The predicted octanol–water partition coefficient (Wildman–Crippen LogP) is 3.64. The summed E-state index contributed by atoms with van der Waals surface area (Å²) in [5.74, 6) is 0.103. The van der Waals surface area contributed by atoms with Crippen molar-refractivity contribution < 1.29 is 17.9 Å². The molecular formula is C21H22N4O4S. The molecule has 8 nitrogen and oxygen atoms in total. The van der Waals surface area contributed by atoms with Crippen LogP contribution in [0.15, 0.2) is 53.7 Å². The molecule has 0 aliphatic carbocycles. The van der Waals surface area contributed by atoms with Gasteiger partial charge < -0.3 is 4.74 Å². The lowest BCUT2D eigenvalue weighted by atomic mass is 10.0. The van der Waals surface area contributed by atoms with E-state index in [1.54, 1.807) is 31.2 Å². The summed E-state index contributed by atoms with van der Waals surface area (Å²) in [4.78, 5) is 24.5. The van der Waals surface area contributed by atoms with Gasteiger partial charge in [-0.1, -0.05) is 31.2 Å². The van der Waals surface area contributed by atoms with Crippen LogP contribution in [0.5, 0.6) is 5.88 Å². The van der Waals surface area contributed by atoms with Crippen molar-refractivity contribution in [2.24, 2.45) is 0 Å². The van der Waals surface area contributed by atoms with Gasteiger partial charge in [-0.25, -0.2) is 18.4 Å². The highest BCUT2D eigenvalue weighted by atomic mass is 32.2. The Bertz CT molecular complexity index is 1160. The van der Waals surface area contributed by atoms with Crippen molar-refractivity contribution in [2.45, 2.75) is 31.6 Å². The number of ether oxygens (including phenoxy) is 1. The van der Waals surface area contributed by atoms with Gasteiger partial charge in [-0.05, 0) is 25.5 Å². The van der Waals surface area contributed by atoms with E-state index in [0.29, 0.717) is 23.2 Å². The van der Waals surface area contributed by atoms with Crippen LogP contribution < -0.4 is 9.46 Å². The molecule has 0 bridgehead atoms. The summed E-state index contributed by atoms with van der Waals surface area (Å²) in [5.41, 5.74) is 2.01. The molecule has 0 aliphatic heterocycles. The second-order valence-electron chi connectivity index (χ2n) is 6.58. The van der Waals surface area contributed by atoms with Crippen molar-refractivity contribution in [3.8, 4) is 17.1 Å². The lowest BCUT2D eigenvalue weighted by Gasteiger charge is -2.13. The number of hydrogen-bond donors (Lipinski definition) is 1. The smallest absolute Gasteiger partial charge is 0.265 e. The third-order valence-corrected chi connectivity index (χ3v) is 5.67. The number of hydrogen-bond acceptors (Lipinski definition) is 7. The minimum absolute atomic E-state index is 0.0154. The quantitative estimate of drug-likeness (QED) is 0.547. The van der Waals surface area contributed by atoms with Crippen molar-refractivity contribution in [3.05, 3.63) is 60.0 Å². The van der Waals surface area contributed by atoms with Crippen LogP contribution in [0.25, 0.3) is 11.3 Å². The Balaban J connectivity index is 1.97. The molecule has 0 atom stereocenters. The fourth-order valence-corrected chi connectivity index (χ4v) is 4.05. The molecule has 2 aromatic heterocycles. The zero-order chi connectivity index (χ0) is 21.7. The Morgan fingerprint density at radius 2 is 1.87 bits per heavy atom. The average molecular weight is 426 g/mol. The monoisotopic (exact) mass is 426 g/mol. The van der Waals surface area contributed by atoms with Gasteiger partial charge in [0.15, 0.2) is 5.78 Å². The Morgan fingerprint density at radius 1 is 1.13 bits per heavy atom. The van der Waals surface area contributed by atoms with E-state index in [4.69, 9.17) is 4.74 Å². The number of sulfonamides is 1.